The summed E-state index contributed by atoms with van der Waals surface area (Å²) in [6, 6.07) is 4.24. The zero-order chi connectivity index (χ0) is 14.3. The summed E-state index contributed by atoms with van der Waals surface area (Å²) < 4.78 is 0. The number of aromatic carboxylic acids is 1. The van der Waals surface area contributed by atoms with Gasteiger partial charge in [-0.2, -0.15) is 0 Å². The van der Waals surface area contributed by atoms with Crippen LogP contribution < -0.4 is 5.32 Å². The van der Waals surface area contributed by atoms with Gasteiger partial charge in [0.25, 0.3) is 0 Å². The Labute approximate surface area is 114 Å². The fourth-order valence-electron chi connectivity index (χ4n) is 3.10. The van der Waals surface area contributed by atoms with Crippen molar-refractivity contribution in [1.29, 1.82) is 0 Å². The summed E-state index contributed by atoms with van der Waals surface area (Å²) in [5, 5.41) is 14.6. The van der Waals surface area contributed by atoms with E-state index in [1.165, 1.54) is 6.07 Å². The second-order valence-electron chi connectivity index (χ2n) is 4.98. The number of nitrogens with zero attached hydrogens (tertiary/aromatic N) is 1. The van der Waals surface area contributed by atoms with E-state index in [9.17, 15) is 19.6 Å². The average molecular weight is 272 g/mol. The Morgan fingerprint density at radius 3 is 2.85 bits per heavy atom. The molecule has 0 fully saturated rings. The van der Waals surface area contributed by atoms with E-state index in [2.05, 4.69) is 10.5 Å². The topological polar surface area (TPSA) is 95.8 Å². The van der Waals surface area contributed by atoms with Gasteiger partial charge in [-0.1, -0.05) is 24.3 Å². The fraction of sp³-hybridized carbons (Fsp3) is 0.286. The second kappa shape index (κ2) is 4.56. The first-order chi connectivity index (χ1) is 9.63. The molecule has 3 rings (SSSR count). The number of hydrogen-bond acceptors (Lipinski definition) is 4. The van der Waals surface area contributed by atoms with E-state index in [1.807, 2.05) is 18.2 Å². The van der Waals surface area contributed by atoms with Crippen LogP contribution in [0.4, 0.5) is 5.69 Å². The molecule has 1 aliphatic carbocycles. The number of nitrogens with one attached hydrogen (secondary N) is 1. The van der Waals surface area contributed by atoms with Gasteiger partial charge in [0, 0.05) is 17.0 Å². The number of carbonyl (C=O) groups excluding carboxylic acids is 1. The summed E-state index contributed by atoms with van der Waals surface area (Å²) in [7, 11) is 0. The molecule has 0 saturated carbocycles. The summed E-state index contributed by atoms with van der Waals surface area (Å²) in [6.07, 6.45) is 4.58. The van der Waals surface area contributed by atoms with Crippen LogP contribution in [0.15, 0.2) is 35.5 Å². The molecule has 1 aliphatic heterocycles. The van der Waals surface area contributed by atoms with Gasteiger partial charge in [0.1, 0.15) is 6.04 Å². The summed E-state index contributed by atoms with van der Waals surface area (Å²) in [5.41, 5.74) is 1.36. The zero-order valence-electron chi connectivity index (χ0n) is 10.4. The van der Waals surface area contributed by atoms with Crippen molar-refractivity contribution >= 4 is 17.6 Å². The first-order valence-electron chi connectivity index (χ1n) is 6.30. The lowest BCUT2D eigenvalue weighted by atomic mass is 9.78. The summed E-state index contributed by atoms with van der Waals surface area (Å²) in [5.74, 6) is -1.99. The molecule has 2 N–H and O–H groups in total. The Kier molecular flexibility index (Phi) is 2.85. The average Bonchev–Trinajstić information content (AvgIpc) is 2.94. The highest BCUT2D eigenvalue weighted by Gasteiger charge is 2.42. The van der Waals surface area contributed by atoms with E-state index in [-0.39, 0.29) is 17.4 Å². The van der Waals surface area contributed by atoms with Crippen molar-refractivity contribution < 1.29 is 14.7 Å². The molecule has 6 heteroatoms. The molecule has 2 aliphatic rings. The minimum Gasteiger partial charge on any atom is -0.478 e. The van der Waals surface area contributed by atoms with Crippen LogP contribution in [-0.2, 0) is 4.79 Å². The van der Waals surface area contributed by atoms with Gasteiger partial charge in [-0.25, -0.2) is 4.79 Å². The molecule has 102 valence electrons. The molecule has 0 aromatic heterocycles. The van der Waals surface area contributed by atoms with Crippen molar-refractivity contribution in [2.75, 3.05) is 5.32 Å². The van der Waals surface area contributed by atoms with Crippen molar-refractivity contribution in [1.82, 2.24) is 0 Å². The van der Waals surface area contributed by atoms with Gasteiger partial charge >= 0.3 is 11.9 Å². The Hall–Kier alpha value is -2.50. The van der Waals surface area contributed by atoms with Crippen LogP contribution in [0.25, 0.3) is 0 Å². The van der Waals surface area contributed by atoms with Gasteiger partial charge in [0.2, 0.25) is 0 Å². The third-order valence-corrected chi connectivity index (χ3v) is 3.98. The lowest BCUT2D eigenvalue weighted by molar-refractivity contribution is -0.119. The highest BCUT2D eigenvalue weighted by molar-refractivity contribution is 5.97. The molecule has 1 aromatic rings. The standard InChI is InChI=1S/C14H12N2O4/c17-13(16-20)12-9-5-1-3-7(9)8-4-2-6-10(14(18)19)11(8)15-12/h1-4,6-7,9,12,15H,5H2,(H,18,19). The molecular weight excluding hydrogens is 260 g/mol. The maximum absolute atomic E-state index is 11.7. The number of amides is 1. The fourth-order valence-corrected chi connectivity index (χ4v) is 3.10. The molecule has 0 spiro atoms. The smallest absolute Gasteiger partial charge is 0.337 e. The zero-order valence-corrected chi connectivity index (χ0v) is 10.4. The number of benzene rings is 1. The molecule has 3 atom stereocenters. The van der Waals surface area contributed by atoms with Gasteiger partial charge in [0.15, 0.2) is 0 Å². The van der Waals surface area contributed by atoms with E-state index in [0.29, 0.717) is 12.1 Å². The molecule has 0 saturated heterocycles. The maximum Gasteiger partial charge on any atom is 0.337 e. The van der Waals surface area contributed by atoms with Crippen molar-refractivity contribution in [3.63, 3.8) is 0 Å². The molecule has 6 nitrogen and oxygen atoms in total. The number of hydrogen-bond donors (Lipinski definition) is 2. The molecule has 3 unspecified atom stereocenters. The van der Waals surface area contributed by atoms with Gasteiger partial charge in [0.05, 0.1) is 11.3 Å². The van der Waals surface area contributed by atoms with Crippen molar-refractivity contribution in [3.8, 4) is 0 Å². The van der Waals surface area contributed by atoms with E-state index in [4.69, 9.17) is 0 Å². The van der Waals surface area contributed by atoms with Crippen LogP contribution in [0.2, 0.25) is 0 Å². The molecular formula is C14H12N2O4. The Morgan fingerprint density at radius 2 is 2.15 bits per heavy atom. The number of carboxylic acid groups (broad SMARTS) is 1. The third-order valence-electron chi connectivity index (χ3n) is 3.98. The Balaban J connectivity index is 2.13. The minimum atomic E-state index is -1.07. The van der Waals surface area contributed by atoms with E-state index in [1.54, 1.807) is 6.07 Å². The highest BCUT2D eigenvalue weighted by Crippen LogP contribution is 2.45. The number of carbonyl (C=O) groups is 2. The predicted octanol–water partition coefficient (Wildman–Crippen LogP) is 2.13. The molecule has 0 bridgehead atoms. The lowest BCUT2D eigenvalue weighted by Gasteiger charge is -2.35. The number of fused-ring (bicyclic) bond motifs is 3. The number of rotatable bonds is 2. The first kappa shape index (κ1) is 12.5. The number of nitroso groups, excluding NO2 is 1. The lowest BCUT2D eigenvalue weighted by Crippen LogP contribution is -2.41. The second-order valence-corrected chi connectivity index (χ2v) is 4.98. The van der Waals surface area contributed by atoms with Crippen molar-refractivity contribution in [3.05, 3.63) is 46.4 Å². The maximum atomic E-state index is 11.7. The van der Waals surface area contributed by atoms with Crippen molar-refractivity contribution in [2.45, 2.75) is 18.4 Å². The summed E-state index contributed by atoms with van der Waals surface area (Å²) >= 11 is 0. The van der Waals surface area contributed by atoms with Gasteiger partial charge in [-0.05, 0) is 18.1 Å². The Bertz CT molecular complexity index is 638. The molecule has 0 radical (unpaired) electrons. The monoisotopic (exact) mass is 272 g/mol. The highest BCUT2D eigenvalue weighted by atomic mass is 16.4. The van der Waals surface area contributed by atoms with Crippen LogP contribution in [0, 0.1) is 10.8 Å². The van der Waals surface area contributed by atoms with Crippen LogP contribution in [0.1, 0.15) is 28.3 Å². The van der Waals surface area contributed by atoms with Crippen LogP contribution in [0.5, 0.6) is 0 Å². The number of anilines is 1. The normalized spacial score (nSPS) is 26.3. The molecule has 20 heavy (non-hydrogen) atoms. The predicted molar refractivity (Wildman–Crippen MR) is 71.6 cm³/mol. The molecule has 1 amide bonds. The van der Waals surface area contributed by atoms with Gasteiger partial charge in [-0.15, -0.1) is 4.91 Å². The van der Waals surface area contributed by atoms with Gasteiger partial charge in [-0.3, -0.25) is 4.79 Å². The summed E-state index contributed by atoms with van der Waals surface area (Å²) in [4.78, 5) is 33.5. The van der Waals surface area contributed by atoms with Crippen molar-refractivity contribution in [2.24, 2.45) is 11.1 Å². The largest absolute Gasteiger partial charge is 0.478 e. The number of allylic oxidation sites excluding steroid dienone is 2. The van der Waals surface area contributed by atoms with E-state index >= 15 is 0 Å². The molecule has 1 aromatic carbocycles. The molecule has 1 heterocycles. The van der Waals surface area contributed by atoms with Crippen LogP contribution >= 0.6 is 0 Å². The summed E-state index contributed by atoms with van der Waals surface area (Å²) in [6.45, 7) is 0. The third kappa shape index (κ3) is 1.72. The minimum absolute atomic E-state index is 0.0544. The van der Waals surface area contributed by atoms with Crippen LogP contribution in [-0.4, -0.2) is 23.0 Å². The first-order valence-corrected chi connectivity index (χ1v) is 6.30. The number of carboxylic acids is 1. The van der Waals surface area contributed by atoms with E-state index < -0.39 is 17.9 Å². The van der Waals surface area contributed by atoms with E-state index in [0.717, 1.165) is 5.56 Å². The van der Waals surface area contributed by atoms with Gasteiger partial charge < -0.3 is 10.4 Å². The Morgan fingerprint density at radius 1 is 1.35 bits per heavy atom. The van der Waals surface area contributed by atoms with Crippen LogP contribution in [0.3, 0.4) is 0 Å². The quantitative estimate of drug-likeness (QED) is 0.635. The number of para-hydroxylation sites is 1. The SMILES string of the molecule is O=NC(=O)C1Nc2c(C(=O)O)cccc2C2C=CCC12.